The van der Waals surface area contributed by atoms with Crippen molar-refractivity contribution in [3.8, 4) is 5.69 Å². The molecule has 1 aromatic heterocycles. The van der Waals surface area contributed by atoms with Gasteiger partial charge in [0.15, 0.2) is 0 Å². The Bertz CT molecular complexity index is 950. The third kappa shape index (κ3) is 4.16. The first kappa shape index (κ1) is 17.8. The molecule has 3 aromatic rings. The van der Waals surface area contributed by atoms with E-state index in [2.05, 4.69) is 20.8 Å². The van der Waals surface area contributed by atoms with Crippen LogP contribution in [-0.4, -0.2) is 36.8 Å². The van der Waals surface area contributed by atoms with Crippen LogP contribution in [-0.2, 0) is 4.79 Å². The number of nitro groups is 1. The summed E-state index contributed by atoms with van der Waals surface area (Å²) < 4.78 is 1.50. The summed E-state index contributed by atoms with van der Waals surface area (Å²) in [7, 11) is 0. The summed E-state index contributed by atoms with van der Waals surface area (Å²) >= 11 is 6.87. The fourth-order valence-electron chi connectivity index (χ4n) is 2.08. The van der Waals surface area contributed by atoms with Crippen LogP contribution in [0.1, 0.15) is 0 Å². The first-order chi connectivity index (χ1) is 12.5. The number of halogens is 1. The predicted molar refractivity (Wildman–Crippen MR) is 96.6 cm³/mol. The third-order valence-corrected chi connectivity index (χ3v) is 4.36. The fourth-order valence-corrected chi connectivity index (χ4v) is 2.94. The molecule has 9 nitrogen and oxygen atoms in total. The molecule has 1 heterocycles. The standard InChI is InChI=1S/C15H11ClN6O3S/c16-10-6-7-12(13(8-10)22(24)25)17-14(23)9-26-15-18-19-20-21(15)11-4-2-1-3-5-11/h1-8H,9H2,(H,17,23). The molecule has 11 heteroatoms. The van der Waals surface area contributed by atoms with Gasteiger partial charge in [-0.2, -0.15) is 4.68 Å². The van der Waals surface area contributed by atoms with E-state index in [1.54, 1.807) is 0 Å². The van der Waals surface area contributed by atoms with Gasteiger partial charge in [0.1, 0.15) is 5.69 Å². The van der Waals surface area contributed by atoms with Crippen LogP contribution in [0, 0.1) is 10.1 Å². The van der Waals surface area contributed by atoms with Gasteiger partial charge in [-0.25, -0.2) is 0 Å². The molecule has 0 aliphatic carbocycles. The van der Waals surface area contributed by atoms with Crippen LogP contribution >= 0.6 is 23.4 Å². The Morgan fingerprint density at radius 1 is 1.27 bits per heavy atom. The van der Waals surface area contributed by atoms with Crippen molar-refractivity contribution in [1.29, 1.82) is 0 Å². The quantitative estimate of drug-likeness (QED) is 0.390. The highest BCUT2D eigenvalue weighted by molar-refractivity contribution is 7.99. The van der Waals surface area contributed by atoms with Crippen LogP contribution in [0.2, 0.25) is 5.02 Å². The average Bonchev–Trinajstić information content (AvgIpc) is 3.10. The number of hydrogen-bond acceptors (Lipinski definition) is 7. The molecule has 132 valence electrons. The van der Waals surface area contributed by atoms with E-state index in [-0.39, 0.29) is 22.2 Å². The van der Waals surface area contributed by atoms with Gasteiger partial charge in [-0.1, -0.05) is 41.6 Å². The Kier molecular flexibility index (Phi) is 5.44. The van der Waals surface area contributed by atoms with Gasteiger partial charge in [0.05, 0.1) is 16.4 Å². The smallest absolute Gasteiger partial charge is 0.294 e. The van der Waals surface area contributed by atoms with Crippen LogP contribution in [0.25, 0.3) is 5.69 Å². The van der Waals surface area contributed by atoms with Gasteiger partial charge in [0.25, 0.3) is 5.69 Å². The van der Waals surface area contributed by atoms with E-state index in [9.17, 15) is 14.9 Å². The van der Waals surface area contributed by atoms with Crippen LogP contribution in [0.3, 0.4) is 0 Å². The third-order valence-electron chi connectivity index (χ3n) is 3.20. The number of nitrogens with zero attached hydrogens (tertiary/aromatic N) is 5. The summed E-state index contributed by atoms with van der Waals surface area (Å²) in [5.74, 6) is -0.449. The molecule has 0 saturated heterocycles. The minimum atomic E-state index is -0.607. The summed E-state index contributed by atoms with van der Waals surface area (Å²) in [4.78, 5) is 22.6. The summed E-state index contributed by atoms with van der Waals surface area (Å²) in [6, 6.07) is 13.3. The molecule has 1 amide bonds. The first-order valence-electron chi connectivity index (χ1n) is 7.25. The fraction of sp³-hybridized carbons (Fsp3) is 0.0667. The molecule has 0 unspecified atom stereocenters. The molecule has 26 heavy (non-hydrogen) atoms. The van der Waals surface area contributed by atoms with Gasteiger partial charge in [-0.05, 0) is 34.7 Å². The summed E-state index contributed by atoms with van der Waals surface area (Å²) in [6.07, 6.45) is 0. The molecule has 0 aliphatic heterocycles. The van der Waals surface area contributed by atoms with Gasteiger partial charge < -0.3 is 5.32 Å². The van der Waals surface area contributed by atoms with E-state index in [0.29, 0.717) is 5.16 Å². The highest BCUT2D eigenvalue weighted by Gasteiger charge is 2.17. The molecule has 0 fully saturated rings. The molecule has 0 radical (unpaired) electrons. The van der Waals surface area contributed by atoms with Gasteiger partial charge >= 0.3 is 0 Å². The maximum absolute atomic E-state index is 12.1. The molecular formula is C15H11ClN6O3S. The Labute approximate surface area is 156 Å². The van der Waals surface area contributed by atoms with Gasteiger partial charge in [0.2, 0.25) is 11.1 Å². The highest BCUT2D eigenvalue weighted by Crippen LogP contribution is 2.28. The minimum Gasteiger partial charge on any atom is -0.320 e. The SMILES string of the molecule is O=C(CSc1nnnn1-c1ccccc1)Nc1ccc(Cl)cc1[N+](=O)[O-]. The van der Waals surface area contributed by atoms with Crippen molar-refractivity contribution >= 4 is 40.6 Å². The number of nitro benzene ring substituents is 1. The van der Waals surface area contributed by atoms with E-state index in [1.165, 1.54) is 22.9 Å². The number of tetrazole rings is 1. The largest absolute Gasteiger partial charge is 0.320 e. The number of rotatable bonds is 6. The maximum Gasteiger partial charge on any atom is 0.294 e. The second-order valence-corrected chi connectivity index (χ2v) is 6.34. The molecule has 0 aliphatic rings. The molecule has 2 aromatic carbocycles. The zero-order valence-electron chi connectivity index (χ0n) is 13.1. The Hall–Kier alpha value is -2.98. The van der Waals surface area contributed by atoms with E-state index < -0.39 is 10.8 Å². The Balaban J connectivity index is 1.68. The van der Waals surface area contributed by atoms with E-state index in [1.807, 2.05) is 30.3 Å². The van der Waals surface area contributed by atoms with Crippen LogP contribution in [0.4, 0.5) is 11.4 Å². The average molecular weight is 391 g/mol. The van der Waals surface area contributed by atoms with Crippen molar-refractivity contribution in [3.05, 3.63) is 63.7 Å². The molecule has 3 rings (SSSR count). The number of carbonyl (C=O) groups is 1. The molecular weight excluding hydrogens is 380 g/mol. The number of amides is 1. The zero-order chi connectivity index (χ0) is 18.5. The van der Waals surface area contributed by atoms with Gasteiger partial charge in [0, 0.05) is 11.1 Å². The number of hydrogen-bond donors (Lipinski definition) is 1. The molecule has 0 bridgehead atoms. The lowest BCUT2D eigenvalue weighted by molar-refractivity contribution is -0.383. The number of anilines is 1. The van der Waals surface area contributed by atoms with Crippen molar-refractivity contribution in [2.75, 3.05) is 11.1 Å². The number of thioether (sulfide) groups is 1. The highest BCUT2D eigenvalue weighted by atomic mass is 35.5. The Morgan fingerprint density at radius 3 is 2.77 bits per heavy atom. The Morgan fingerprint density at radius 2 is 2.04 bits per heavy atom. The van der Waals surface area contributed by atoms with Crippen LogP contribution in [0.15, 0.2) is 53.7 Å². The van der Waals surface area contributed by atoms with Crippen molar-refractivity contribution < 1.29 is 9.72 Å². The minimum absolute atomic E-state index is 0.0208. The summed E-state index contributed by atoms with van der Waals surface area (Å²) in [6.45, 7) is 0. The van der Waals surface area contributed by atoms with Crippen LogP contribution < -0.4 is 5.32 Å². The lowest BCUT2D eigenvalue weighted by Crippen LogP contribution is -2.15. The topological polar surface area (TPSA) is 116 Å². The number of carbonyl (C=O) groups excluding carboxylic acids is 1. The van der Waals surface area contributed by atoms with Crippen LogP contribution in [0.5, 0.6) is 0 Å². The summed E-state index contributed by atoms with van der Waals surface area (Å²) in [5.41, 5.74) is 0.561. The second-order valence-electron chi connectivity index (χ2n) is 4.96. The van der Waals surface area contributed by atoms with E-state index >= 15 is 0 Å². The van der Waals surface area contributed by atoms with Gasteiger partial charge in [-0.3, -0.25) is 14.9 Å². The van der Waals surface area contributed by atoms with Gasteiger partial charge in [-0.15, -0.1) is 5.10 Å². The molecule has 0 atom stereocenters. The van der Waals surface area contributed by atoms with Crippen molar-refractivity contribution in [1.82, 2.24) is 20.2 Å². The van der Waals surface area contributed by atoms with E-state index in [4.69, 9.17) is 11.6 Å². The lowest BCUT2D eigenvalue weighted by atomic mass is 10.2. The predicted octanol–water partition coefficient (Wildman–Crippen LogP) is 2.95. The van der Waals surface area contributed by atoms with Crippen molar-refractivity contribution in [3.63, 3.8) is 0 Å². The molecule has 0 spiro atoms. The zero-order valence-corrected chi connectivity index (χ0v) is 14.6. The number of para-hydroxylation sites is 1. The lowest BCUT2D eigenvalue weighted by Gasteiger charge is -2.06. The molecule has 1 N–H and O–H groups in total. The van der Waals surface area contributed by atoms with Crippen molar-refractivity contribution in [2.24, 2.45) is 0 Å². The number of nitrogens with one attached hydrogen (secondary N) is 1. The maximum atomic E-state index is 12.1. The first-order valence-corrected chi connectivity index (χ1v) is 8.61. The normalized spacial score (nSPS) is 10.5. The second kappa shape index (κ2) is 7.93. The van der Waals surface area contributed by atoms with E-state index in [0.717, 1.165) is 17.4 Å². The number of aromatic nitrogens is 4. The van der Waals surface area contributed by atoms with Crippen molar-refractivity contribution in [2.45, 2.75) is 5.16 Å². The summed E-state index contributed by atoms with van der Waals surface area (Å²) in [5, 5.41) is 25.6. The molecule has 0 saturated carbocycles. The number of benzene rings is 2. The monoisotopic (exact) mass is 390 g/mol.